The number of methoxy groups -OCH3 is 1. The van der Waals surface area contributed by atoms with Crippen molar-refractivity contribution in [3.63, 3.8) is 0 Å². The number of hydrogen-bond acceptors (Lipinski definition) is 4. The number of guanidine groups is 1. The second-order valence-electron chi connectivity index (χ2n) is 7.30. The number of nitrogens with one attached hydrogen (secondary N) is 1. The first-order valence-electron chi connectivity index (χ1n) is 9.40. The molecule has 0 aromatic heterocycles. The Morgan fingerprint density at radius 2 is 1.96 bits per heavy atom. The first-order valence-corrected chi connectivity index (χ1v) is 10.7. The van der Waals surface area contributed by atoms with Crippen molar-refractivity contribution in [3.05, 3.63) is 0 Å². The maximum Gasteiger partial charge on any atom is 0.193 e. The van der Waals surface area contributed by atoms with Gasteiger partial charge in [-0.15, -0.1) is 0 Å². The van der Waals surface area contributed by atoms with Crippen molar-refractivity contribution in [2.24, 2.45) is 4.99 Å². The highest BCUT2D eigenvalue weighted by Crippen LogP contribution is 2.15. The van der Waals surface area contributed by atoms with Gasteiger partial charge in [0.05, 0.1) is 12.6 Å². The van der Waals surface area contributed by atoms with Gasteiger partial charge in [-0.3, -0.25) is 9.20 Å². The first-order chi connectivity index (χ1) is 11.9. The molecule has 1 saturated heterocycles. The highest BCUT2D eigenvalue weighted by Gasteiger charge is 2.22. The number of ether oxygens (including phenoxy) is 2. The van der Waals surface area contributed by atoms with Crippen molar-refractivity contribution >= 4 is 16.8 Å². The van der Waals surface area contributed by atoms with Gasteiger partial charge in [0.25, 0.3) is 0 Å². The first kappa shape index (κ1) is 22.4. The van der Waals surface area contributed by atoms with E-state index in [4.69, 9.17) is 9.47 Å². The van der Waals surface area contributed by atoms with Crippen molar-refractivity contribution in [3.8, 4) is 0 Å². The average Bonchev–Trinajstić information content (AvgIpc) is 2.57. The van der Waals surface area contributed by atoms with Crippen LogP contribution in [0.5, 0.6) is 0 Å². The van der Waals surface area contributed by atoms with E-state index in [9.17, 15) is 4.21 Å². The van der Waals surface area contributed by atoms with Crippen molar-refractivity contribution in [1.82, 2.24) is 10.2 Å². The highest BCUT2D eigenvalue weighted by atomic mass is 32.2. The predicted molar refractivity (Wildman–Crippen MR) is 106 cm³/mol. The van der Waals surface area contributed by atoms with Crippen LogP contribution in [-0.2, 0) is 20.3 Å². The monoisotopic (exact) mass is 375 g/mol. The molecule has 0 spiro atoms. The van der Waals surface area contributed by atoms with Crippen LogP contribution in [0.25, 0.3) is 0 Å². The summed E-state index contributed by atoms with van der Waals surface area (Å²) in [7, 11) is 0.862. The molecule has 6 nitrogen and oxygen atoms in total. The number of piperidine rings is 1. The second kappa shape index (κ2) is 11.9. The molecule has 0 aliphatic carbocycles. The van der Waals surface area contributed by atoms with Gasteiger partial charge in [0.1, 0.15) is 0 Å². The van der Waals surface area contributed by atoms with Crippen molar-refractivity contribution in [1.29, 1.82) is 0 Å². The van der Waals surface area contributed by atoms with Crippen LogP contribution in [0.1, 0.15) is 47.0 Å². The van der Waals surface area contributed by atoms with Crippen LogP contribution >= 0.6 is 0 Å². The zero-order valence-electron chi connectivity index (χ0n) is 16.7. The van der Waals surface area contributed by atoms with Gasteiger partial charge in [-0.25, -0.2) is 0 Å². The second-order valence-corrected chi connectivity index (χ2v) is 9.63. The summed E-state index contributed by atoms with van der Waals surface area (Å²) >= 11 is 0. The van der Waals surface area contributed by atoms with Gasteiger partial charge in [-0.2, -0.15) is 0 Å². The van der Waals surface area contributed by atoms with Crippen LogP contribution in [-0.4, -0.2) is 78.2 Å². The molecule has 1 heterocycles. The van der Waals surface area contributed by atoms with E-state index < -0.39 is 10.8 Å². The Labute approximate surface area is 156 Å². The molecule has 0 radical (unpaired) electrons. The summed E-state index contributed by atoms with van der Waals surface area (Å²) in [5.74, 6) is 1.54. The zero-order valence-corrected chi connectivity index (χ0v) is 17.5. The van der Waals surface area contributed by atoms with Crippen molar-refractivity contribution in [2.75, 3.05) is 52.3 Å². The van der Waals surface area contributed by atoms with E-state index in [1.54, 1.807) is 7.11 Å². The highest BCUT2D eigenvalue weighted by molar-refractivity contribution is 7.86. The molecule has 1 aliphatic rings. The third-order valence-corrected chi connectivity index (χ3v) is 6.06. The van der Waals surface area contributed by atoms with Crippen molar-refractivity contribution < 1.29 is 13.7 Å². The Bertz CT molecular complexity index is 416. The van der Waals surface area contributed by atoms with E-state index in [1.807, 2.05) is 20.8 Å². The lowest BCUT2D eigenvalue weighted by Gasteiger charge is -2.34. The summed E-state index contributed by atoms with van der Waals surface area (Å²) in [5, 5.41) is 3.36. The summed E-state index contributed by atoms with van der Waals surface area (Å²) in [6.07, 6.45) is 3.33. The van der Waals surface area contributed by atoms with Crippen molar-refractivity contribution in [2.45, 2.75) is 57.8 Å². The number of rotatable bonds is 9. The van der Waals surface area contributed by atoms with Gasteiger partial charge in [0.15, 0.2) is 5.96 Å². The molecule has 148 valence electrons. The number of likely N-dealkylation sites (tertiary alicyclic amines) is 1. The van der Waals surface area contributed by atoms with E-state index in [0.717, 1.165) is 58.1 Å². The molecular weight excluding hydrogens is 338 g/mol. The van der Waals surface area contributed by atoms with Crippen LogP contribution in [0.3, 0.4) is 0 Å². The fraction of sp³-hybridized carbons (Fsp3) is 0.944. The molecule has 0 saturated carbocycles. The molecule has 0 amide bonds. The van der Waals surface area contributed by atoms with Gasteiger partial charge in [0, 0.05) is 61.3 Å². The lowest BCUT2D eigenvalue weighted by molar-refractivity contribution is 0.00991. The Balaban J connectivity index is 2.41. The van der Waals surface area contributed by atoms with Crippen LogP contribution < -0.4 is 5.32 Å². The largest absolute Gasteiger partial charge is 0.385 e. The molecule has 0 aromatic carbocycles. The molecule has 1 fully saturated rings. The minimum absolute atomic E-state index is 0.174. The lowest BCUT2D eigenvalue weighted by Crippen LogP contribution is -2.47. The van der Waals surface area contributed by atoms with E-state index >= 15 is 0 Å². The third-order valence-electron chi connectivity index (χ3n) is 4.14. The van der Waals surface area contributed by atoms with E-state index in [0.29, 0.717) is 18.4 Å². The fourth-order valence-corrected chi connectivity index (χ4v) is 3.52. The Morgan fingerprint density at radius 1 is 1.28 bits per heavy atom. The number of nitrogens with zero attached hydrogens (tertiary/aromatic N) is 2. The topological polar surface area (TPSA) is 63.2 Å². The van der Waals surface area contributed by atoms with Gasteiger partial charge in [0.2, 0.25) is 0 Å². The van der Waals surface area contributed by atoms with Gasteiger partial charge >= 0.3 is 0 Å². The third kappa shape index (κ3) is 9.01. The summed E-state index contributed by atoms with van der Waals surface area (Å²) in [4.78, 5) is 6.97. The maximum atomic E-state index is 12.2. The molecule has 25 heavy (non-hydrogen) atoms. The SMILES string of the molecule is CCNC(=NCCS(=O)C(C)(C)C)N1CCC(OCCCOC)CC1. The van der Waals surface area contributed by atoms with E-state index in [-0.39, 0.29) is 4.75 Å². The summed E-state index contributed by atoms with van der Waals surface area (Å²) in [6, 6.07) is 0. The van der Waals surface area contributed by atoms with E-state index in [2.05, 4.69) is 22.1 Å². The minimum atomic E-state index is -0.858. The summed E-state index contributed by atoms with van der Waals surface area (Å²) in [6.45, 7) is 13.0. The normalized spacial score (nSPS) is 18.4. The lowest BCUT2D eigenvalue weighted by atomic mass is 10.1. The fourth-order valence-electron chi connectivity index (χ4n) is 2.65. The Kier molecular flexibility index (Phi) is 10.6. The van der Waals surface area contributed by atoms with E-state index in [1.165, 1.54) is 0 Å². The molecular formula is C18H37N3O3S. The molecule has 1 N–H and O–H groups in total. The number of hydrogen-bond donors (Lipinski definition) is 1. The predicted octanol–water partition coefficient (Wildman–Crippen LogP) is 2.02. The number of aliphatic imine (C=N–C) groups is 1. The molecule has 1 unspecified atom stereocenters. The Morgan fingerprint density at radius 3 is 2.52 bits per heavy atom. The van der Waals surface area contributed by atoms with Crippen LogP contribution in [0, 0.1) is 0 Å². The quantitative estimate of drug-likeness (QED) is 0.379. The minimum Gasteiger partial charge on any atom is -0.385 e. The molecule has 0 bridgehead atoms. The van der Waals surface area contributed by atoms with Gasteiger partial charge in [-0.05, 0) is 47.0 Å². The van der Waals surface area contributed by atoms with Gasteiger partial charge < -0.3 is 19.7 Å². The van der Waals surface area contributed by atoms with Crippen LogP contribution in [0.2, 0.25) is 0 Å². The average molecular weight is 376 g/mol. The molecule has 0 aromatic rings. The van der Waals surface area contributed by atoms with Crippen LogP contribution in [0.15, 0.2) is 4.99 Å². The summed E-state index contributed by atoms with van der Waals surface area (Å²) < 4.78 is 22.9. The Hall–Kier alpha value is -0.660. The zero-order chi connectivity index (χ0) is 18.7. The summed E-state index contributed by atoms with van der Waals surface area (Å²) in [5.41, 5.74) is 0. The molecule has 7 heteroatoms. The molecule has 1 rings (SSSR count). The molecule has 1 aliphatic heterocycles. The standard InChI is InChI=1S/C18H37N3O3S/c1-6-19-17(20-10-15-25(22)18(2,3)4)21-11-8-16(9-12-21)24-14-7-13-23-5/h16H,6-15H2,1-5H3,(H,19,20). The maximum absolute atomic E-state index is 12.2. The molecule has 1 atom stereocenters. The smallest absolute Gasteiger partial charge is 0.193 e. The van der Waals surface area contributed by atoms with Gasteiger partial charge in [-0.1, -0.05) is 0 Å². The van der Waals surface area contributed by atoms with Crippen LogP contribution in [0.4, 0.5) is 0 Å².